The maximum atomic E-state index is 12.1. The molecule has 0 saturated heterocycles. The summed E-state index contributed by atoms with van der Waals surface area (Å²) in [5.41, 5.74) is 0.646. The van der Waals surface area contributed by atoms with Crippen molar-refractivity contribution in [2.75, 3.05) is 11.9 Å². The number of esters is 1. The van der Waals surface area contributed by atoms with Crippen molar-refractivity contribution in [2.45, 2.75) is 20.8 Å². The van der Waals surface area contributed by atoms with Crippen LogP contribution in [-0.4, -0.2) is 23.4 Å². The maximum absolute atomic E-state index is 12.1. The van der Waals surface area contributed by atoms with Crippen LogP contribution in [0.5, 0.6) is 0 Å². The zero-order valence-corrected chi connectivity index (χ0v) is 14.3. The monoisotopic (exact) mass is 357 g/mol. The van der Waals surface area contributed by atoms with Crippen molar-refractivity contribution in [3.8, 4) is 6.07 Å². The van der Waals surface area contributed by atoms with E-state index in [4.69, 9.17) is 14.4 Å². The largest absolute Gasteiger partial charge is 0.465 e. The number of nitro groups is 1. The average molecular weight is 357 g/mol. The van der Waals surface area contributed by atoms with Gasteiger partial charge >= 0.3 is 5.97 Å². The van der Waals surface area contributed by atoms with Gasteiger partial charge in [-0.3, -0.25) is 14.9 Å². The fourth-order valence-electron chi connectivity index (χ4n) is 2.33. The number of ether oxygens (including phenoxy) is 1. The van der Waals surface area contributed by atoms with Gasteiger partial charge in [-0.25, -0.2) is 4.79 Å². The molecule has 0 aliphatic carbocycles. The molecule has 1 heterocycles. The minimum absolute atomic E-state index is 0.0731. The topological polar surface area (TPSA) is 135 Å². The molecule has 0 atom stereocenters. The summed E-state index contributed by atoms with van der Waals surface area (Å²) in [6.07, 6.45) is 0. The Hall–Kier alpha value is -3.67. The molecule has 0 saturated carbocycles. The lowest BCUT2D eigenvalue weighted by Gasteiger charge is -2.08. The Kier molecular flexibility index (Phi) is 5.37. The second kappa shape index (κ2) is 7.48. The number of nitro benzene ring substituents is 1. The van der Waals surface area contributed by atoms with E-state index in [9.17, 15) is 19.7 Å². The van der Waals surface area contributed by atoms with Gasteiger partial charge in [0.2, 0.25) is 0 Å². The number of rotatable bonds is 5. The van der Waals surface area contributed by atoms with E-state index in [1.807, 2.05) is 0 Å². The second-order valence-corrected chi connectivity index (χ2v) is 5.44. The molecule has 0 spiro atoms. The molecule has 0 fully saturated rings. The first-order valence-corrected chi connectivity index (χ1v) is 7.46. The highest BCUT2D eigenvalue weighted by Gasteiger charge is 2.21. The van der Waals surface area contributed by atoms with Crippen LogP contribution < -0.4 is 5.32 Å². The van der Waals surface area contributed by atoms with Gasteiger partial charge in [0.05, 0.1) is 16.2 Å². The van der Waals surface area contributed by atoms with E-state index in [2.05, 4.69) is 5.32 Å². The number of hydrogen-bond donors (Lipinski definition) is 1. The fourth-order valence-corrected chi connectivity index (χ4v) is 2.33. The number of furan rings is 1. The van der Waals surface area contributed by atoms with Crippen molar-refractivity contribution >= 4 is 23.3 Å². The molecule has 1 aromatic carbocycles. The van der Waals surface area contributed by atoms with Crippen LogP contribution in [0.1, 0.15) is 33.0 Å². The fraction of sp³-hybridized carbons (Fsp3) is 0.235. The van der Waals surface area contributed by atoms with Crippen molar-refractivity contribution in [1.29, 1.82) is 5.26 Å². The third kappa shape index (κ3) is 3.87. The minimum atomic E-state index is -0.698. The van der Waals surface area contributed by atoms with E-state index in [1.54, 1.807) is 26.8 Å². The summed E-state index contributed by atoms with van der Waals surface area (Å²) in [5.74, 6) is -0.397. The van der Waals surface area contributed by atoms with Gasteiger partial charge in [0, 0.05) is 17.7 Å². The number of non-ortho nitro benzene ring substituents is 1. The molecule has 2 rings (SSSR count). The second-order valence-electron chi connectivity index (χ2n) is 5.44. The van der Waals surface area contributed by atoms with Crippen molar-refractivity contribution < 1.29 is 23.7 Å². The summed E-state index contributed by atoms with van der Waals surface area (Å²) in [6.45, 7) is 4.46. The average Bonchev–Trinajstić information content (AvgIpc) is 2.85. The molecule has 1 aromatic heterocycles. The van der Waals surface area contributed by atoms with Gasteiger partial charge in [0.25, 0.3) is 11.6 Å². The molecule has 0 aliphatic heterocycles. The summed E-state index contributed by atoms with van der Waals surface area (Å²) < 4.78 is 10.3. The SMILES string of the molecule is Cc1oc(C)c(C(=O)OCC(=O)Nc2ccc([N+](=O)[O-])cc2C#N)c1C. The van der Waals surface area contributed by atoms with Gasteiger partial charge in [-0.05, 0) is 26.8 Å². The number of hydrogen-bond acceptors (Lipinski definition) is 7. The van der Waals surface area contributed by atoms with Crippen LogP contribution in [0.2, 0.25) is 0 Å². The van der Waals surface area contributed by atoms with Gasteiger partial charge in [-0.1, -0.05) is 0 Å². The minimum Gasteiger partial charge on any atom is -0.465 e. The molecule has 0 aliphatic rings. The lowest BCUT2D eigenvalue weighted by atomic mass is 10.1. The number of anilines is 1. The molecule has 26 heavy (non-hydrogen) atoms. The molecule has 2 aromatic rings. The lowest BCUT2D eigenvalue weighted by molar-refractivity contribution is -0.384. The predicted molar refractivity (Wildman–Crippen MR) is 89.6 cm³/mol. The zero-order chi connectivity index (χ0) is 19.4. The first-order valence-electron chi connectivity index (χ1n) is 7.46. The number of carbonyl (C=O) groups excluding carboxylic acids is 2. The molecule has 0 bridgehead atoms. The zero-order valence-electron chi connectivity index (χ0n) is 14.3. The number of benzene rings is 1. The van der Waals surface area contributed by atoms with Crippen molar-refractivity contribution in [3.05, 3.63) is 56.5 Å². The normalized spacial score (nSPS) is 10.1. The lowest BCUT2D eigenvalue weighted by Crippen LogP contribution is -2.21. The Balaban J connectivity index is 2.04. The Morgan fingerprint density at radius 2 is 2.00 bits per heavy atom. The first-order chi connectivity index (χ1) is 12.2. The van der Waals surface area contributed by atoms with E-state index in [-0.39, 0.29) is 22.5 Å². The van der Waals surface area contributed by atoms with E-state index in [0.717, 1.165) is 12.1 Å². The molecule has 9 nitrogen and oxygen atoms in total. The van der Waals surface area contributed by atoms with Crippen molar-refractivity contribution in [2.24, 2.45) is 0 Å². The highest BCUT2D eigenvalue weighted by molar-refractivity contribution is 5.97. The quantitative estimate of drug-likeness (QED) is 0.493. The third-order valence-electron chi connectivity index (χ3n) is 3.71. The van der Waals surface area contributed by atoms with Gasteiger partial charge < -0.3 is 14.5 Å². The van der Waals surface area contributed by atoms with Gasteiger partial charge in [-0.15, -0.1) is 0 Å². The smallest absolute Gasteiger partial charge is 0.342 e. The van der Waals surface area contributed by atoms with E-state index < -0.39 is 23.4 Å². The van der Waals surface area contributed by atoms with Crippen molar-refractivity contribution in [1.82, 2.24) is 0 Å². The molecule has 0 unspecified atom stereocenters. The van der Waals surface area contributed by atoms with E-state index >= 15 is 0 Å². The molecule has 1 amide bonds. The molecule has 134 valence electrons. The molecule has 9 heteroatoms. The van der Waals surface area contributed by atoms with Crippen LogP contribution >= 0.6 is 0 Å². The number of carbonyl (C=O) groups is 2. The van der Waals surface area contributed by atoms with Crippen LogP contribution in [-0.2, 0) is 9.53 Å². The highest BCUT2D eigenvalue weighted by atomic mass is 16.6. The Morgan fingerprint density at radius 3 is 2.54 bits per heavy atom. The number of nitriles is 1. The summed E-state index contributed by atoms with van der Waals surface area (Å²) in [6, 6.07) is 5.21. The van der Waals surface area contributed by atoms with Crippen molar-refractivity contribution in [3.63, 3.8) is 0 Å². The number of nitrogens with zero attached hydrogens (tertiary/aromatic N) is 2. The van der Waals surface area contributed by atoms with Gasteiger partial charge in [0.15, 0.2) is 6.61 Å². The highest BCUT2D eigenvalue weighted by Crippen LogP contribution is 2.22. The number of aryl methyl sites for hydroxylation is 2. The van der Waals surface area contributed by atoms with Crippen LogP contribution in [0.3, 0.4) is 0 Å². The maximum Gasteiger partial charge on any atom is 0.342 e. The van der Waals surface area contributed by atoms with Crippen LogP contribution in [0.25, 0.3) is 0 Å². The van der Waals surface area contributed by atoms with Crippen LogP contribution in [0, 0.1) is 42.2 Å². The Bertz CT molecular complexity index is 939. The van der Waals surface area contributed by atoms with E-state index in [0.29, 0.717) is 17.1 Å². The summed E-state index contributed by atoms with van der Waals surface area (Å²) in [7, 11) is 0. The first kappa shape index (κ1) is 18.7. The van der Waals surface area contributed by atoms with Gasteiger partial charge in [0.1, 0.15) is 23.2 Å². The molecular formula is C17H15N3O6. The molecule has 0 radical (unpaired) electrons. The number of nitrogens with one attached hydrogen (secondary N) is 1. The summed E-state index contributed by atoms with van der Waals surface area (Å²) in [4.78, 5) is 34.1. The predicted octanol–water partition coefficient (Wildman–Crippen LogP) is 2.78. The third-order valence-corrected chi connectivity index (χ3v) is 3.71. The van der Waals surface area contributed by atoms with E-state index in [1.165, 1.54) is 6.07 Å². The summed E-state index contributed by atoms with van der Waals surface area (Å²) >= 11 is 0. The summed E-state index contributed by atoms with van der Waals surface area (Å²) in [5, 5.41) is 22.1. The van der Waals surface area contributed by atoms with Crippen LogP contribution in [0.4, 0.5) is 11.4 Å². The molecule has 1 N–H and O–H groups in total. The standard InChI is InChI=1S/C17H15N3O6/c1-9-10(2)26-11(3)16(9)17(22)25-8-15(21)19-14-5-4-13(20(23)24)6-12(14)7-18/h4-6H,8H2,1-3H3,(H,19,21). The molecular weight excluding hydrogens is 342 g/mol. The Morgan fingerprint density at radius 1 is 1.31 bits per heavy atom. The Labute approximate surface area is 148 Å². The van der Waals surface area contributed by atoms with Crippen LogP contribution in [0.15, 0.2) is 22.6 Å². The number of amides is 1. The van der Waals surface area contributed by atoms with Gasteiger partial charge in [-0.2, -0.15) is 5.26 Å².